The van der Waals surface area contributed by atoms with Gasteiger partial charge in [0, 0.05) is 13.1 Å². The van der Waals surface area contributed by atoms with E-state index in [-0.39, 0.29) is 24.2 Å². The minimum atomic E-state index is -4.53. The number of halogens is 3. The number of hydrogen-bond acceptors (Lipinski definition) is 5. The van der Waals surface area contributed by atoms with Crippen molar-refractivity contribution in [1.82, 2.24) is 10.2 Å². The summed E-state index contributed by atoms with van der Waals surface area (Å²) < 4.78 is 47.5. The van der Waals surface area contributed by atoms with Crippen molar-refractivity contribution in [3.63, 3.8) is 0 Å². The number of carbonyl (C=O) groups is 3. The van der Waals surface area contributed by atoms with Crippen molar-refractivity contribution in [3.05, 3.63) is 29.8 Å². The fourth-order valence-corrected chi connectivity index (χ4v) is 2.00. The lowest BCUT2D eigenvalue weighted by Crippen LogP contribution is -2.40. The van der Waals surface area contributed by atoms with E-state index in [1.807, 2.05) is 0 Å². The Balaban J connectivity index is 1.70. The number of carbonyl (C=O) groups excluding carboxylic acids is 3. The second kappa shape index (κ2) is 8.74. The van der Waals surface area contributed by atoms with E-state index in [0.29, 0.717) is 0 Å². The molecule has 0 aromatic heterocycles. The number of benzene rings is 1. The summed E-state index contributed by atoms with van der Waals surface area (Å²) in [7, 11) is 1.39. The number of rotatable bonds is 8. The average Bonchev–Trinajstić information content (AvgIpc) is 3.41. The maximum atomic E-state index is 12.6. The van der Waals surface area contributed by atoms with Gasteiger partial charge in [-0.25, -0.2) is 4.79 Å². The molecule has 0 saturated heterocycles. The van der Waals surface area contributed by atoms with Crippen LogP contribution in [-0.4, -0.2) is 55.5 Å². The van der Waals surface area contributed by atoms with Gasteiger partial charge in [-0.05, 0) is 31.0 Å². The molecule has 148 valence electrons. The molecule has 27 heavy (non-hydrogen) atoms. The number of amides is 2. The number of nitrogens with one attached hydrogen (secondary N) is 1. The molecule has 0 spiro atoms. The van der Waals surface area contributed by atoms with Gasteiger partial charge in [-0.2, -0.15) is 13.2 Å². The molecule has 0 unspecified atom stereocenters. The zero-order chi connectivity index (χ0) is 20.0. The predicted octanol–water partition coefficient (Wildman–Crippen LogP) is 1.36. The van der Waals surface area contributed by atoms with Gasteiger partial charge < -0.3 is 19.7 Å². The van der Waals surface area contributed by atoms with Gasteiger partial charge in [0.2, 0.25) is 5.91 Å². The van der Waals surface area contributed by atoms with Crippen LogP contribution >= 0.6 is 0 Å². The molecule has 7 nitrogen and oxygen atoms in total. The Morgan fingerprint density at radius 3 is 2.56 bits per heavy atom. The molecule has 1 aromatic carbocycles. The SMILES string of the molecule is CN(CC(=O)NC1CC1)C(=O)COC(=O)COc1cccc(C(F)(F)F)c1. The summed E-state index contributed by atoms with van der Waals surface area (Å²) in [6.07, 6.45) is -2.68. The lowest BCUT2D eigenvalue weighted by Gasteiger charge is -2.16. The smallest absolute Gasteiger partial charge is 0.416 e. The first kappa shape index (κ1) is 20.5. The molecule has 0 radical (unpaired) electrons. The van der Waals surface area contributed by atoms with Gasteiger partial charge in [0.05, 0.1) is 12.1 Å². The topological polar surface area (TPSA) is 84.9 Å². The maximum absolute atomic E-state index is 12.6. The number of alkyl halides is 3. The second-order valence-electron chi connectivity index (χ2n) is 6.07. The highest BCUT2D eigenvalue weighted by atomic mass is 19.4. The van der Waals surface area contributed by atoms with Crippen molar-refractivity contribution in [1.29, 1.82) is 0 Å². The Kier molecular flexibility index (Phi) is 6.65. The van der Waals surface area contributed by atoms with Crippen LogP contribution in [0.15, 0.2) is 24.3 Å². The van der Waals surface area contributed by atoms with E-state index >= 15 is 0 Å². The molecule has 1 aromatic rings. The molecule has 1 aliphatic carbocycles. The summed E-state index contributed by atoms with van der Waals surface area (Å²) in [4.78, 5) is 36.1. The summed E-state index contributed by atoms with van der Waals surface area (Å²) in [5.41, 5.74) is -0.908. The fourth-order valence-electron chi connectivity index (χ4n) is 2.00. The van der Waals surface area contributed by atoms with Gasteiger partial charge in [-0.1, -0.05) is 6.07 Å². The van der Waals surface area contributed by atoms with E-state index < -0.39 is 36.8 Å². The van der Waals surface area contributed by atoms with Crippen molar-refractivity contribution in [3.8, 4) is 5.75 Å². The molecule has 0 aliphatic heterocycles. The molecule has 10 heteroatoms. The minimum Gasteiger partial charge on any atom is -0.482 e. The van der Waals surface area contributed by atoms with Crippen LogP contribution in [0.2, 0.25) is 0 Å². The number of nitrogens with zero attached hydrogens (tertiary/aromatic N) is 1. The first-order valence-electron chi connectivity index (χ1n) is 8.14. The van der Waals surface area contributed by atoms with Gasteiger partial charge in [0.15, 0.2) is 13.2 Å². The lowest BCUT2D eigenvalue weighted by molar-refractivity contribution is -0.153. The average molecular weight is 388 g/mol. The highest BCUT2D eigenvalue weighted by Crippen LogP contribution is 2.31. The largest absolute Gasteiger partial charge is 0.482 e. The maximum Gasteiger partial charge on any atom is 0.416 e. The van der Waals surface area contributed by atoms with E-state index in [1.54, 1.807) is 0 Å². The van der Waals surface area contributed by atoms with Crippen LogP contribution in [0.5, 0.6) is 5.75 Å². The van der Waals surface area contributed by atoms with Crippen LogP contribution in [0.1, 0.15) is 18.4 Å². The summed E-state index contributed by atoms with van der Waals surface area (Å²) >= 11 is 0. The molecular weight excluding hydrogens is 369 g/mol. The quantitative estimate of drug-likeness (QED) is 0.680. The molecule has 1 aliphatic rings. The minimum absolute atomic E-state index is 0.151. The Morgan fingerprint density at radius 2 is 1.93 bits per heavy atom. The molecule has 0 heterocycles. The van der Waals surface area contributed by atoms with E-state index in [4.69, 9.17) is 9.47 Å². The zero-order valence-corrected chi connectivity index (χ0v) is 14.5. The van der Waals surface area contributed by atoms with Gasteiger partial charge >= 0.3 is 12.1 Å². The van der Waals surface area contributed by atoms with Crippen LogP contribution in [0.4, 0.5) is 13.2 Å². The predicted molar refractivity (Wildman–Crippen MR) is 86.7 cm³/mol. The zero-order valence-electron chi connectivity index (χ0n) is 14.5. The van der Waals surface area contributed by atoms with E-state index in [1.165, 1.54) is 13.1 Å². The number of likely N-dealkylation sites (N-methyl/N-ethyl adjacent to an activating group) is 1. The first-order chi connectivity index (χ1) is 12.6. The summed E-state index contributed by atoms with van der Waals surface area (Å²) in [5, 5.41) is 2.72. The Morgan fingerprint density at radius 1 is 1.22 bits per heavy atom. The summed E-state index contributed by atoms with van der Waals surface area (Å²) in [6.45, 7) is -1.41. The summed E-state index contributed by atoms with van der Waals surface area (Å²) in [6, 6.07) is 4.21. The summed E-state index contributed by atoms with van der Waals surface area (Å²) in [5.74, 6) is -1.96. The standard InChI is InChI=1S/C17H19F3N2O5/c1-22(8-14(23)21-12-5-6-12)15(24)9-27-16(25)10-26-13-4-2-3-11(7-13)17(18,19)20/h2-4,7,12H,5-6,8-10H2,1H3,(H,21,23). The third kappa shape index (κ3) is 7.16. The van der Waals surface area contributed by atoms with Crippen molar-refractivity contribution in [2.75, 3.05) is 26.8 Å². The number of ether oxygens (including phenoxy) is 2. The first-order valence-corrected chi connectivity index (χ1v) is 8.14. The van der Waals surface area contributed by atoms with Crippen molar-refractivity contribution in [2.24, 2.45) is 0 Å². The van der Waals surface area contributed by atoms with E-state index in [9.17, 15) is 27.6 Å². The molecule has 0 atom stereocenters. The highest BCUT2D eigenvalue weighted by molar-refractivity contribution is 5.86. The molecule has 0 bridgehead atoms. The number of esters is 1. The monoisotopic (exact) mass is 388 g/mol. The van der Waals surface area contributed by atoms with Crippen LogP contribution in [0, 0.1) is 0 Å². The van der Waals surface area contributed by atoms with Crippen molar-refractivity contribution >= 4 is 17.8 Å². The highest BCUT2D eigenvalue weighted by Gasteiger charge is 2.30. The third-order valence-corrected chi connectivity index (χ3v) is 3.62. The van der Waals surface area contributed by atoms with Gasteiger partial charge in [-0.3, -0.25) is 9.59 Å². The Labute approximate surface area is 153 Å². The van der Waals surface area contributed by atoms with Crippen LogP contribution in [0.3, 0.4) is 0 Å². The third-order valence-electron chi connectivity index (χ3n) is 3.62. The van der Waals surface area contributed by atoms with Gasteiger partial charge in [-0.15, -0.1) is 0 Å². The van der Waals surface area contributed by atoms with Crippen LogP contribution < -0.4 is 10.1 Å². The molecular formula is C17H19F3N2O5. The Hall–Kier alpha value is -2.78. The molecule has 2 rings (SSSR count). The molecule has 1 fully saturated rings. The lowest BCUT2D eigenvalue weighted by atomic mass is 10.2. The van der Waals surface area contributed by atoms with Crippen LogP contribution in [0.25, 0.3) is 0 Å². The molecule has 1 N–H and O–H groups in total. The van der Waals surface area contributed by atoms with E-state index in [0.717, 1.165) is 35.9 Å². The second-order valence-corrected chi connectivity index (χ2v) is 6.07. The molecule has 2 amide bonds. The fraction of sp³-hybridized carbons (Fsp3) is 0.471. The van der Waals surface area contributed by atoms with Crippen molar-refractivity contribution in [2.45, 2.75) is 25.1 Å². The van der Waals surface area contributed by atoms with Crippen molar-refractivity contribution < 1.29 is 37.0 Å². The number of hydrogen-bond donors (Lipinski definition) is 1. The van der Waals surface area contributed by atoms with E-state index in [2.05, 4.69) is 5.32 Å². The van der Waals surface area contributed by atoms with Crippen LogP contribution in [-0.2, 0) is 25.3 Å². The van der Waals surface area contributed by atoms with Gasteiger partial charge in [0.25, 0.3) is 5.91 Å². The van der Waals surface area contributed by atoms with Gasteiger partial charge in [0.1, 0.15) is 5.75 Å². The molecule has 1 saturated carbocycles. The normalized spacial score (nSPS) is 13.6. The Bertz CT molecular complexity index is 704.